The summed E-state index contributed by atoms with van der Waals surface area (Å²) in [5.74, 6) is -0.358. The van der Waals surface area contributed by atoms with Gasteiger partial charge in [0.15, 0.2) is 11.5 Å². The molecule has 0 amide bonds. The molecule has 0 bridgehead atoms. The van der Waals surface area contributed by atoms with E-state index >= 15 is 0 Å². The molecule has 0 atom stereocenters. The van der Waals surface area contributed by atoms with Crippen LogP contribution in [0.25, 0.3) is 11.1 Å². The van der Waals surface area contributed by atoms with Crippen LogP contribution in [0.1, 0.15) is 11.1 Å². The Hall–Kier alpha value is -2.21. The summed E-state index contributed by atoms with van der Waals surface area (Å²) in [6.07, 6.45) is -4.78. The van der Waals surface area contributed by atoms with E-state index in [1.807, 2.05) is 32.0 Å². The first-order valence-electron chi connectivity index (χ1n) is 7.10. The Morgan fingerprint density at radius 2 is 1.57 bits per heavy atom. The van der Waals surface area contributed by atoms with Gasteiger partial charge in [0, 0.05) is 6.54 Å². The normalized spacial score (nSPS) is 11.4. The summed E-state index contributed by atoms with van der Waals surface area (Å²) in [5, 5.41) is 0. The zero-order valence-electron chi connectivity index (χ0n) is 12.9. The molecule has 0 aliphatic carbocycles. The SMILES string of the molecule is Cc1cc(C)cc(-c2ccc(OC(F)(F)F)c(OCCN)c2)c1. The first-order valence-corrected chi connectivity index (χ1v) is 7.10. The van der Waals surface area contributed by atoms with Gasteiger partial charge in [-0.1, -0.05) is 35.4 Å². The summed E-state index contributed by atoms with van der Waals surface area (Å²) in [5.41, 5.74) is 9.14. The smallest absolute Gasteiger partial charge is 0.488 e. The highest BCUT2D eigenvalue weighted by atomic mass is 19.4. The van der Waals surface area contributed by atoms with Gasteiger partial charge < -0.3 is 15.2 Å². The molecule has 0 fully saturated rings. The highest BCUT2D eigenvalue weighted by molar-refractivity contribution is 5.68. The van der Waals surface area contributed by atoms with Gasteiger partial charge in [0.25, 0.3) is 0 Å². The van der Waals surface area contributed by atoms with Crippen LogP contribution in [0.15, 0.2) is 36.4 Å². The van der Waals surface area contributed by atoms with Crippen LogP contribution in [0.3, 0.4) is 0 Å². The molecule has 6 heteroatoms. The quantitative estimate of drug-likeness (QED) is 0.896. The van der Waals surface area contributed by atoms with Crippen LogP contribution in [0, 0.1) is 13.8 Å². The van der Waals surface area contributed by atoms with Gasteiger partial charge in [-0.15, -0.1) is 13.2 Å². The van der Waals surface area contributed by atoms with Crippen molar-refractivity contribution in [3.05, 3.63) is 47.5 Å². The monoisotopic (exact) mass is 325 g/mol. The molecule has 2 aromatic carbocycles. The molecule has 0 unspecified atom stereocenters. The van der Waals surface area contributed by atoms with Crippen molar-refractivity contribution in [3.8, 4) is 22.6 Å². The minimum Gasteiger partial charge on any atom is -0.488 e. The zero-order valence-corrected chi connectivity index (χ0v) is 12.9. The fourth-order valence-corrected chi connectivity index (χ4v) is 2.32. The van der Waals surface area contributed by atoms with E-state index < -0.39 is 6.36 Å². The summed E-state index contributed by atoms with van der Waals surface area (Å²) >= 11 is 0. The molecule has 3 nitrogen and oxygen atoms in total. The van der Waals surface area contributed by atoms with Gasteiger partial charge in [-0.25, -0.2) is 0 Å². The number of benzene rings is 2. The van der Waals surface area contributed by atoms with Crippen LogP contribution >= 0.6 is 0 Å². The first kappa shape index (κ1) is 17.1. The van der Waals surface area contributed by atoms with E-state index in [1.165, 1.54) is 12.1 Å². The van der Waals surface area contributed by atoms with Crippen molar-refractivity contribution in [3.63, 3.8) is 0 Å². The minimum absolute atomic E-state index is 0.0180. The standard InChI is InChI=1S/C17H18F3NO2/c1-11-7-12(2)9-14(8-11)13-3-4-15(23-17(18,19)20)16(10-13)22-6-5-21/h3-4,7-10H,5-6,21H2,1-2H3. The summed E-state index contributed by atoms with van der Waals surface area (Å²) in [4.78, 5) is 0. The lowest BCUT2D eigenvalue weighted by Crippen LogP contribution is -2.18. The Morgan fingerprint density at radius 3 is 2.13 bits per heavy atom. The maximum atomic E-state index is 12.5. The predicted octanol–water partition coefficient (Wildman–Crippen LogP) is 4.21. The lowest BCUT2D eigenvalue weighted by Gasteiger charge is -2.15. The fourth-order valence-electron chi connectivity index (χ4n) is 2.32. The largest absolute Gasteiger partial charge is 0.573 e. The lowest BCUT2D eigenvalue weighted by atomic mass is 10.0. The molecule has 2 N–H and O–H groups in total. The average molecular weight is 325 g/mol. The van der Waals surface area contributed by atoms with E-state index in [9.17, 15) is 13.2 Å². The molecule has 0 radical (unpaired) electrons. The van der Waals surface area contributed by atoms with E-state index in [4.69, 9.17) is 10.5 Å². The van der Waals surface area contributed by atoms with Crippen molar-refractivity contribution in [1.82, 2.24) is 0 Å². The molecule has 2 rings (SSSR count). The molecule has 0 aromatic heterocycles. The van der Waals surface area contributed by atoms with E-state index in [0.29, 0.717) is 0 Å². The van der Waals surface area contributed by atoms with Crippen molar-refractivity contribution in [1.29, 1.82) is 0 Å². The number of ether oxygens (including phenoxy) is 2. The van der Waals surface area contributed by atoms with Crippen LogP contribution in [0.2, 0.25) is 0 Å². The Kier molecular flexibility index (Phi) is 5.15. The Morgan fingerprint density at radius 1 is 0.913 bits per heavy atom. The van der Waals surface area contributed by atoms with Gasteiger partial charge in [-0.3, -0.25) is 0 Å². The summed E-state index contributed by atoms with van der Waals surface area (Å²) < 4.78 is 46.7. The predicted molar refractivity (Wildman–Crippen MR) is 82.6 cm³/mol. The van der Waals surface area contributed by atoms with Crippen molar-refractivity contribution in [2.75, 3.05) is 13.2 Å². The molecule has 0 aliphatic heterocycles. The zero-order chi connectivity index (χ0) is 17.0. The molecule has 0 aliphatic rings. The second kappa shape index (κ2) is 6.91. The lowest BCUT2D eigenvalue weighted by molar-refractivity contribution is -0.275. The third-order valence-corrected chi connectivity index (χ3v) is 3.10. The maximum Gasteiger partial charge on any atom is 0.573 e. The Bertz CT molecular complexity index is 664. The number of halogens is 3. The highest BCUT2D eigenvalue weighted by Gasteiger charge is 2.32. The van der Waals surface area contributed by atoms with Gasteiger partial charge in [0.2, 0.25) is 0 Å². The summed E-state index contributed by atoms with van der Waals surface area (Å²) in [6.45, 7) is 4.22. The molecule has 2 aromatic rings. The van der Waals surface area contributed by atoms with E-state index in [1.54, 1.807) is 6.07 Å². The van der Waals surface area contributed by atoms with E-state index in [0.717, 1.165) is 22.3 Å². The third kappa shape index (κ3) is 4.89. The Labute approximate surface area is 132 Å². The molecule has 124 valence electrons. The number of aryl methyl sites for hydroxylation is 2. The highest BCUT2D eigenvalue weighted by Crippen LogP contribution is 2.36. The van der Waals surface area contributed by atoms with Crippen LogP contribution in [-0.2, 0) is 0 Å². The molecule has 0 saturated heterocycles. The molecular weight excluding hydrogens is 307 g/mol. The summed E-state index contributed by atoms with van der Waals surface area (Å²) in [7, 11) is 0. The number of nitrogens with two attached hydrogens (primary N) is 1. The van der Waals surface area contributed by atoms with Crippen LogP contribution in [-0.4, -0.2) is 19.5 Å². The van der Waals surface area contributed by atoms with Crippen LogP contribution in [0.5, 0.6) is 11.5 Å². The van der Waals surface area contributed by atoms with Crippen LogP contribution in [0.4, 0.5) is 13.2 Å². The topological polar surface area (TPSA) is 44.5 Å². The fraction of sp³-hybridized carbons (Fsp3) is 0.294. The van der Waals surface area contributed by atoms with E-state index in [2.05, 4.69) is 4.74 Å². The molecule has 23 heavy (non-hydrogen) atoms. The molecule has 0 spiro atoms. The Balaban J connectivity index is 2.42. The first-order chi connectivity index (χ1) is 10.8. The molecule has 0 heterocycles. The molecular formula is C17H18F3NO2. The van der Waals surface area contributed by atoms with Crippen molar-refractivity contribution < 1.29 is 22.6 Å². The second-order valence-electron chi connectivity index (χ2n) is 5.22. The number of hydrogen-bond donors (Lipinski definition) is 1. The van der Waals surface area contributed by atoms with Crippen molar-refractivity contribution in [2.45, 2.75) is 20.2 Å². The minimum atomic E-state index is -4.78. The van der Waals surface area contributed by atoms with Gasteiger partial charge in [-0.2, -0.15) is 0 Å². The second-order valence-corrected chi connectivity index (χ2v) is 5.22. The summed E-state index contributed by atoms with van der Waals surface area (Å²) in [6, 6.07) is 10.3. The number of hydrogen-bond acceptors (Lipinski definition) is 3. The third-order valence-electron chi connectivity index (χ3n) is 3.10. The van der Waals surface area contributed by atoms with Crippen LogP contribution < -0.4 is 15.2 Å². The molecule has 0 saturated carbocycles. The van der Waals surface area contributed by atoms with Gasteiger partial charge in [-0.05, 0) is 37.1 Å². The number of rotatable bonds is 5. The van der Waals surface area contributed by atoms with Gasteiger partial charge in [0.1, 0.15) is 6.61 Å². The van der Waals surface area contributed by atoms with Crippen molar-refractivity contribution >= 4 is 0 Å². The van der Waals surface area contributed by atoms with E-state index in [-0.39, 0.29) is 24.7 Å². The van der Waals surface area contributed by atoms with Crippen molar-refractivity contribution in [2.24, 2.45) is 5.73 Å². The van der Waals surface area contributed by atoms with Gasteiger partial charge >= 0.3 is 6.36 Å². The maximum absolute atomic E-state index is 12.5. The number of alkyl halides is 3. The van der Waals surface area contributed by atoms with Gasteiger partial charge in [0.05, 0.1) is 0 Å². The average Bonchev–Trinajstić information content (AvgIpc) is 2.43.